The summed E-state index contributed by atoms with van der Waals surface area (Å²) in [4.78, 5) is 22.7. The minimum Gasteiger partial charge on any atom is -0.512 e. The summed E-state index contributed by atoms with van der Waals surface area (Å²) in [6.07, 6.45) is 7.37. The van der Waals surface area contributed by atoms with Crippen LogP contribution in [0.25, 0.3) is 53.3 Å². The van der Waals surface area contributed by atoms with Crippen molar-refractivity contribution in [3.63, 3.8) is 0 Å². The van der Waals surface area contributed by atoms with Crippen LogP contribution < -0.4 is 0 Å². The molecule has 5 nitrogen and oxygen atoms in total. The molecule has 0 fully saturated rings. The average Bonchev–Trinajstić information content (AvgIpc) is 3.66. The first kappa shape index (κ1) is 42.4. The fourth-order valence-electron chi connectivity index (χ4n) is 6.85. The summed E-state index contributed by atoms with van der Waals surface area (Å²) < 4.78 is 7.75. The summed E-state index contributed by atoms with van der Waals surface area (Å²) >= 11 is 1.70. The van der Waals surface area contributed by atoms with Crippen LogP contribution in [0.5, 0.6) is 0 Å². The molecular formula is C46H57IrN2O3S-. The Morgan fingerprint density at radius 3 is 2.15 bits per heavy atom. The van der Waals surface area contributed by atoms with Gasteiger partial charge in [0.15, 0.2) is 5.78 Å². The fourth-order valence-corrected chi connectivity index (χ4v) is 7.89. The molecule has 0 spiro atoms. The Labute approximate surface area is 334 Å². The number of benzene rings is 3. The SMILES string of the molecule is CCC(C)(CC)C(=O)/C=C(\O)C(C)(CC)CC.Cc1c(CC(C)C)oc2c1ccc1sc3ncnc(-c4[c-]c5ccccc5c(C(C)(C)C)c4)c3c12.[Ir]. The van der Waals surface area contributed by atoms with Gasteiger partial charge < -0.3 is 9.52 Å². The van der Waals surface area contributed by atoms with Gasteiger partial charge in [0.2, 0.25) is 0 Å². The average molecular weight is 910 g/mol. The summed E-state index contributed by atoms with van der Waals surface area (Å²) in [7, 11) is 0. The summed E-state index contributed by atoms with van der Waals surface area (Å²) in [5, 5.41) is 15.9. The number of hydrogen-bond acceptors (Lipinski definition) is 6. The van der Waals surface area contributed by atoms with Gasteiger partial charge in [-0.1, -0.05) is 105 Å². The number of thiophene rings is 1. The zero-order valence-corrected chi connectivity index (χ0v) is 36.9. The van der Waals surface area contributed by atoms with E-state index in [-0.39, 0.29) is 47.9 Å². The molecule has 0 unspecified atom stereocenters. The number of hydrogen-bond donors (Lipinski definition) is 1. The normalized spacial score (nSPS) is 12.8. The largest absolute Gasteiger partial charge is 0.512 e. The number of rotatable bonds is 10. The van der Waals surface area contributed by atoms with Gasteiger partial charge in [-0.2, -0.15) is 0 Å². The van der Waals surface area contributed by atoms with Crippen molar-refractivity contribution in [1.29, 1.82) is 0 Å². The molecule has 0 aliphatic carbocycles. The molecule has 0 aliphatic rings. The molecule has 0 saturated carbocycles. The van der Waals surface area contributed by atoms with Crippen molar-refractivity contribution in [3.05, 3.63) is 83.6 Å². The van der Waals surface area contributed by atoms with E-state index >= 15 is 0 Å². The van der Waals surface area contributed by atoms with Gasteiger partial charge >= 0.3 is 0 Å². The van der Waals surface area contributed by atoms with Crippen molar-refractivity contribution in [2.24, 2.45) is 16.7 Å². The summed E-state index contributed by atoms with van der Waals surface area (Å²) in [6, 6.07) is 18.9. The molecule has 3 aromatic carbocycles. The number of carbonyl (C=O) groups excluding carboxylic acids is 1. The smallest absolute Gasteiger partial charge is 0.164 e. The second kappa shape index (κ2) is 16.5. The molecule has 0 saturated heterocycles. The van der Waals surface area contributed by atoms with Gasteiger partial charge in [-0.3, -0.25) is 9.78 Å². The third-order valence-corrected chi connectivity index (χ3v) is 12.5. The molecule has 0 amide bonds. The van der Waals surface area contributed by atoms with Gasteiger partial charge in [0.25, 0.3) is 0 Å². The molecule has 6 rings (SSSR count). The van der Waals surface area contributed by atoms with Crippen molar-refractivity contribution in [2.75, 3.05) is 0 Å². The van der Waals surface area contributed by atoms with Gasteiger partial charge in [-0.05, 0) is 61.6 Å². The Morgan fingerprint density at radius 1 is 0.906 bits per heavy atom. The van der Waals surface area contributed by atoms with Gasteiger partial charge in [0.05, 0.1) is 0 Å². The first-order chi connectivity index (χ1) is 24.5. The van der Waals surface area contributed by atoms with Gasteiger partial charge in [0.1, 0.15) is 28.3 Å². The van der Waals surface area contributed by atoms with Crippen LogP contribution in [0.15, 0.2) is 65.0 Å². The van der Waals surface area contributed by atoms with Crippen LogP contribution in [0.4, 0.5) is 0 Å². The molecule has 1 radical (unpaired) electrons. The monoisotopic (exact) mass is 910 g/mol. The summed E-state index contributed by atoms with van der Waals surface area (Å²) in [5.74, 6) is 1.90. The number of furan rings is 1. The van der Waals surface area contributed by atoms with Crippen molar-refractivity contribution in [2.45, 2.75) is 121 Å². The van der Waals surface area contributed by atoms with Crippen LogP contribution in [-0.4, -0.2) is 20.9 Å². The molecule has 0 atom stereocenters. The first-order valence-electron chi connectivity index (χ1n) is 19.0. The van der Waals surface area contributed by atoms with E-state index in [1.165, 1.54) is 32.7 Å². The van der Waals surface area contributed by atoms with Crippen LogP contribution in [-0.2, 0) is 36.7 Å². The van der Waals surface area contributed by atoms with E-state index in [4.69, 9.17) is 9.40 Å². The second-order valence-corrected chi connectivity index (χ2v) is 17.4. The number of fused-ring (bicyclic) bond motifs is 6. The van der Waals surface area contributed by atoms with Crippen molar-refractivity contribution >= 4 is 59.2 Å². The first-order valence-corrected chi connectivity index (χ1v) is 19.8. The standard InChI is InChI=1S/C31H29N2OS.C15H28O2.Ir/c1-17(2)13-24-18(3)21-11-12-25-26(29(21)34-24)27-28(32-16-33-30(27)35-25)20-14-19-9-7-8-10-22(19)23(15-20)31(4,5)6;1-7-14(5,8-2)12(16)11-13(17)15(6,9-3)10-4;/h7-12,15-17H,13H2,1-6H3;11,16H,7-10H2,1-6H3;/q-1;;/b;12-11-;. The predicted octanol–water partition coefficient (Wildman–Crippen LogP) is 13.7. The van der Waals surface area contributed by atoms with E-state index < -0.39 is 0 Å². The maximum atomic E-state index is 12.2. The predicted molar refractivity (Wildman–Crippen MR) is 222 cm³/mol. The molecule has 285 valence electrons. The molecule has 6 aromatic rings. The number of allylic oxidation sites excluding steroid dienone is 2. The van der Waals surface area contributed by atoms with E-state index in [0.717, 1.165) is 75.7 Å². The number of aliphatic hydroxyl groups is 1. The van der Waals surface area contributed by atoms with Crippen LogP contribution in [0.1, 0.15) is 119 Å². The van der Waals surface area contributed by atoms with Gasteiger partial charge in [0, 0.05) is 70.0 Å². The molecule has 0 aliphatic heterocycles. The Bertz CT molecular complexity index is 2260. The van der Waals surface area contributed by atoms with E-state index in [1.54, 1.807) is 17.7 Å². The number of nitrogens with zero attached hydrogens (tertiary/aromatic N) is 2. The number of aromatic nitrogens is 2. The van der Waals surface area contributed by atoms with Gasteiger partial charge in [-0.25, -0.2) is 4.98 Å². The number of carbonyl (C=O) groups is 1. The van der Waals surface area contributed by atoms with Crippen molar-refractivity contribution < 1.29 is 34.4 Å². The minimum atomic E-state index is -0.337. The van der Waals surface area contributed by atoms with Gasteiger partial charge in [-0.15, -0.1) is 40.5 Å². The number of aryl methyl sites for hydroxylation is 1. The van der Waals surface area contributed by atoms with Crippen LogP contribution in [0, 0.1) is 29.7 Å². The van der Waals surface area contributed by atoms with E-state index in [0.29, 0.717) is 5.92 Å². The Morgan fingerprint density at radius 2 is 1.55 bits per heavy atom. The van der Waals surface area contributed by atoms with Crippen LogP contribution in [0.3, 0.4) is 0 Å². The quantitative estimate of drug-likeness (QED) is 0.0842. The fraction of sp³-hybridized carbons (Fsp3) is 0.457. The van der Waals surface area contributed by atoms with E-state index in [9.17, 15) is 9.90 Å². The topological polar surface area (TPSA) is 76.2 Å². The molecule has 3 aromatic heterocycles. The Hall–Kier alpha value is -3.38. The zero-order chi connectivity index (χ0) is 38.2. The molecular weight excluding hydrogens is 853 g/mol. The number of ketones is 1. The maximum absolute atomic E-state index is 12.2. The molecule has 53 heavy (non-hydrogen) atoms. The third-order valence-electron chi connectivity index (χ3n) is 11.5. The molecule has 0 bridgehead atoms. The molecule has 3 heterocycles. The van der Waals surface area contributed by atoms with Crippen LogP contribution in [0.2, 0.25) is 0 Å². The molecule has 7 heteroatoms. The van der Waals surface area contributed by atoms with E-state index in [1.807, 2.05) is 41.5 Å². The van der Waals surface area contributed by atoms with Crippen LogP contribution >= 0.6 is 11.3 Å². The minimum absolute atomic E-state index is 0. The maximum Gasteiger partial charge on any atom is 0.164 e. The van der Waals surface area contributed by atoms with Crippen molar-refractivity contribution in [3.8, 4) is 11.3 Å². The van der Waals surface area contributed by atoms with Crippen molar-refractivity contribution in [1.82, 2.24) is 9.97 Å². The van der Waals surface area contributed by atoms with E-state index in [2.05, 4.69) is 95.1 Å². The molecule has 1 N–H and O–H groups in total. The summed E-state index contributed by atoms with van der Waals surface area (Å²) in [6.45, 7) is 25.5. The summed E-state index contributed by atoms with van der Waals surface area (Å²) in [5.41, 5.74) is 4.80. The Balaban J connectivity index is 0.000000299. The Kier molecular flexibility index (Phi) is 13.2. The second-order valence-electron chi connectivity index (χ2n) is 16.4. The third kappa shape index (κ3) is 8.33. The number of aliphatic hydroxyl groups excluding tert-OH is 1. The zero-order valence-electron chi connectivity index (χ0n) is 33.7.